The number of carbonyl (C=O) groups excluding carboxylic acids is 1. The molecule has 2 aromatic carbocycles. The van der Waals surface area contributed by atoms with E-state index in [1.807, 2.05) is 6.92 Å². The predicted molar refractivity (Wildman–Crippen MR) is 108 cm³/mol. The average Bonchev–Trinajstić information content (AvgIpc) is 2.70. The van der Waals surface area contributed by atoms with Gasteiger partial charge in [-0.1, -0.05) is 11.6 Å². The summed E-state index contributed by atoms with van der Waals surface area (Å²) in [7, 11) is 4.64. The van der Waals surface area contributed by atoms with E-state index >= 15 is 0 Å². The van der Waals surface area contributed by atoms with Crippen LogP contribution in [0.3, 0.4) is 0 Å². The minimum atomic E-state index is -0.505. The summed E-state index contributed by atoms with van der Waals surface area (Å²) in [6, 6.07) is 8.70. The van der Waals surface area contributed by atoms with Crippen LogP contribution in [0.4, 0.5) is 0 Å². The zero-order valence-electron chi connectivity index (χ0n) is 16.3. The number of hydrogen-bond donors (Lipinski definition) is 0. The van der Waals surface area contributed by atoms with Gasteiger partial charge in [-0.2, -0.15) is 0 Å². The van der Waals surface area contributed by atoms with E-state index in [9.17, 15) is 4.79 Å². The van der Waals surface area contributed by atoms with Crippen molar-refractivity contribution in [3.63, 3.8) is 0 Å². The minimum Gasteiger partial charge on any atom is -0.497 e. The lowest BCUT2D eigenvalue weighted by atomic mass is 10.2. The molecule has 0 aromatic heterocycles. The number of esters is 1. The minimum absolute atomic E-state index is 0.0527. The molecular weight excluding hydrogens is 384 g/mol. The molecule has 28 heavy (non-hydrogen) atoms. The SMILES string of the molecule is CCOc1cc(/C=C/C(=O)OCc2cc(OC)ccc2OC)cc(Cl)c1OC. The number of carbonyl (C=O) groups is 1. The molecule has 2 rings (SSSR count). The van der Waals surface area contributed by atoms with E-state index in [1.54, 1.807) is 50.6 Å². The van der Waals surface area contributed by atoms with Gasteiger partial charge in [-0.15, -0.1) is 0 Å². The Balaban J connectivity index is 2.08. The molecule has 0 radical (unpaired) electrons. The number of methoxy groups -OCH3 is 3. The Hall–Kier alpha value is -2.86. The van der Waals surface area contributed by atoms with Gasteiger partial charge in [0.2, 0.25) is 0 Å². The van der Waals surface area contributed by atoms with Crippen molar-refractivity contribution >= 4 is 23.6 Å². The first-order chi connectivity index (χ1) is 13.5. The van der Waals surface area contributed by atoms with Crippen molar-refractivity contribution in [2.45, 2.75) is 13.5 Å². The lowest BCUT2D eigenvalue weighted by Crippen LogP contribution is -2.03. The molecule has 0 saturated heterocycles. The Morgan fingerprint density at radius 2 is 1.82 bits per heavy atom. The van der Waals surface area contributed by atoms with Gasteiger partial charge in [0.15, 0.2) is 11.5 Å². The molecule has 150 valence electrons. The molecule has 0 fully saturated rings. The van der Waals surface area contributed by atoms with Crippen LogP contribution in [0.5, 0.6) is 23.0 Å². The molecule has 0 saturated carbocycles. The highest BCUT2D eigenvalue weighted by Gasteiger charge is 2.11. The van der Waals surface area contributed by atoms with E-state index in [0.717, 1.165) is 0 Å². The Kier molecular flexibility index (Phi) is 8.02. The second-order valence-electron chi connectivity index (χ2n) is 5.59. The lowest BCUT2D eigenvalue weighted by molar-refractivity contribution is -0.138. The van der Waals surface area contributed by atoms with Gasteiger partial charge in [-0.25, -0.2) is 4.79 Å². The normalized spacial score (nSPS) is 10.6. The lowest BCUT2D eigenvalue weighted by Gasteiger charge is -2.12. The zero-order chi connectivity index (χ0) is 20.5. The fraction of sp³-hybridized carbons (Fsp3) is 0.286. The molecule has 0 heterocycles. The van der Waals surface area contributed by atoms with Crippen molar-refractivity contribution in [3.05, 3.63) is 52.6 Å². The fourth-order valence-corrected chi connectivity index (χ4v) is 2.80. The van der Waals surface area contributed by atoms with Gasteiger partial charge < -0.3 is 23.7 Å². The Morgan fingerprint density at radius 1 is 1.04 bits per heavy atom. The number of ether oxygens (including phenoxy) is 5. The molecule has 0 amide bonds. The molecule has 0 atom stereocenters. The Bertz CT molecular complexity index is 847. The predicted octanol–water partition coefficient (Wildman–Crippen LogP) is 4.52. The molecule has 0 unspecified atom stereocenters. The Morgan fingerprint density at radius 3 is 2.46 bits per heavy atom. The van der Waals surface area contributed by atoms with Crippen LogP contribution in [0.15, 0.2) is 36.4 Å². The molecular formula is C21H23ClO6. The van der Waals surface area contributed by atoms with E-state index in [-0.39, 0.29) is 6.61 Å². The largest absolute Gasteiger partial charge is 0.497 e. The summed E-state index contributed by atoms with van der Waals surface area (Å²) in [6.07, 6.45) is 2.92. The standard InChI is InChI=1S/C21H23ClO6/c1-5-27-19-11-14(10-17(22)21(19)26-4)6-9-20(23)28-13-15-12-16(24-2)7-8-18(15)25-3/h6-12H,5,13H2,1-4H3/b9-6+. The van der Waals surface area contributed by atoms with Crippen LogP contribution in [0, 0.1) is 0 Å². The first kappa shape index (κ1) is 21.4. The van der Waals surface area contributed by atoms with Gasteiger partial charge in [0, 0.05) is 11.6 Å². The number of rotatable bonds is 9. The van der Waals surface area contributed by atoms with Crippen LogP contribution in [-0.2, 0) is 16.1 Å². The quantitative estimate of drug-likeness (QED) is 0.450. The first-order valence-electron chi connectivity index (χ1n) is 8.58. The highest BCUT2D eigenvalue weighted by atomic mass is 35.5. The van der Waals surface area contributed by atoms with Crippen LogP contribution in [-0.4, -0.2) is 33.9 Å². The van der Waals surface area contributed by atoms with Gasteiger partial charge >= 0.3 is 5.97 Å². The molecule has 6 nitrogen and oxygen atoms in total. The van der Waals surface area contributed by atoms with Crippen molar-refractivity contribution in [3.8, 4) is 23.0 Å². The van der Waals surface area contributed by atoms with Crippen LogP contribution in [0.25, 0.3) is 6.08 Å². The van der Waals surface area contributed by atoms with Gasteiger partial charge in [0.05, 0.1) is 33.0 Å². The third kappa shape index (κ3) is 5.57. The van der Waals surface area contributed by atoms with Crippen LogP contribution < -0.4 is 18.9 Å². The molecule has 7 heteroatoms. The van der Waals surface area contributed by atoms with Crippen LogP contribution >= 0.6 is 11.6 Å². The summed E-state index contributed by atoms with van der Waals surface area (Å²) in [5.74, 6) is 1.72. The fourth-order valence-electron chi connectivity index (χ4n) is 2.50. The monoisotopic (exact) mass is 406 g/mol. The highest BCUT2D eigenvalue weighted by molar-refractivity contribution is 6.32. The van der Waals surface area contributed by atoms with Gasteiger partial charge in [0.25, 0.3) is 0 Å². The smallest absolute Gasteiger partial charge is 0.331 e. The van der Waals surface area contributed by atoms with E-state index in [1.165, 1.54) is 13.2 Å². The number of halogens is 1. The summed E-state index contributed by atoms with van der Waals surface area (Å²) < 4.78 is 26.5. The van der Waals surface area contributed by atoms with Crippen molar-refractivity contribution < 1.29 is 28.5 Å². The van der Waals surface area contributed by atoms with Crippen molar-refractivity contribution in [1.82, 2.24) is 0 Å². The molecule has 0 aliphatic carbocycles. The topological polar surface area (TPSA) is 63.2 Å². The van der Waals surface area contributed by atoms with Gasteiger partial charge in [0.1, 0.15) is 18.1 Å². The maximum absolute atomic E-state index is 12.1. The summed E-state index contributed by atoms with van der Waals surface area (Å²) in [6.45, 7) is 2.38. The molecule has 0 N–H and O–H groups in total. The number of benzene rings is 2. The van der Waals surface area contributed by atoms with Gasteiger partial charge in [-0.05, 0) is 48.9 Å². The third-order valence-electron chi connectivity index (χ3n) is 3.81. The second kappa shape index (κ2) is 10.5. The van der Waals surface area contributed by atoms with Gasteiger partial charge in [-0.3, -0.25) is 0 Å². The Labute approximate surface area is 169 Å². The van der Waals surface area contributed by atoms with Crippen molar-refractivity contribution in [1.29, 1.82) is 0 Å². The molecule has 0 bridgehead atoms. The highest BCUT2D eigenvalue weighted by Crippen LogP contribution is 2.36. The first-order valence-corrected chi connectivity index (χ1v) is 8.96. The van der Waals surface area contributed by atoms with E-state index < -0.39 is 5.97 Å². The van der Waals surface area contributed by atoms with Crippen LogP contribution in [0.1, 0.15) is 18.1 Å². The average molecular weight is 407 g/mol. The molecule has 0 aliphatic heterocycles. The molecule has 0 aliphatic rings. The zero-order valence-corrected chi connectivity index (χ0v) is 17.0. The second-order valence-corrected chi connectivity index (χ2v) is 5.99. The third-order valence-corrected chi connectivity index (χ3v) is 4.09. The maximum atomic E-state index is 12.1. The molecule has 0 spiro atoms. The molecule has 2 aromatic rings. The van der Waals surface area contributed by atoms with Crippen molar-refractivity contribution in [2.75, 3.05) is 27.9 Å². The summed E-state index contributed by atoms with van der Waals surface area (Å²) in [5, 5.41) is 0.391. The summed E-state index contributed by atoms with van der Waals surface area (Å²) in [4.78, 5) is 12.1. The van der Waals surface area contributed by atoms with E-state index in [0.29, 0.717) is 45.8 Å². The van der Waals surface area contributed by atoms with E-state index in [2.05, 4.69) is 0 Å². The van der Waals surface area contributed by atoms with Crippen molar-refractivity contribution in [2.24, 2.45) is 0 Å². The van der Waals surface area contributed by atoms with E-state index in [4.69, 9.17) is 35.3 Å². The number of hydrogen-bond acceptors (Lipinski definition) is 6. The van der Waals surface area contributed by atoms with Crippen LogP contribution in [0.2, 0.25) is 5.02 Å². The maximum Gasteiger partial charge on any atom is 0.331 e. The summed E-state index contributed by atoms with van der Waals surface area (Å²) >= 11 is 6.21. The summed E-state index contributed by atoms with van der Waals surface area (Å²) in [5.41, 5.74) is 1.39.